The minimum atomic E-state index is 0.306. The standard InChI is InChI=1S/C10H15NO/c1-7-10(12-7)9-4-2-3-8(5-9)6-11/h7-10H,2-5H2,1H3. The molecule has 0 amide bonds. The summed E-state index contributed by atoms with van der Waals surface area (Å²) in [5, 5.41) is 8.79. The molecule has 1 heterocycles. The van der Waals surface area contributed by atoms with Crippen molar-refractivity contribution in [2.75, 3.05) is 0 Å². The van der Waals surface area contributed by atoms with Gasteiger partial charge in [-0.15, -0.1) is 0 Å². The van der Waals surface area contributed by atoms with Crippen molar-refractivity contribution in [2.45, 2.75) is 44.8 Å². The zero-order valence-electron chi connectivity index (χ0n) is 7.49. The molecule has 1 saturated heterocycles. The Morgan fingerprint density at radius 3 is 2.75 bits per heavy atom. The van der Waals surface area contributed by atoms with Gasteiger partial charge in [-0.05, 0) is 32.1 Å². The maximum absolute atomic E-state index is 8.79. The number of hydrogen-bond donors (Lipinski definition) is 0. The molecule has 2 rings (SSSR count). The summed E-state index contributed by atoms with van der Waals surface area (Å²) in [5.74, 6) is 0.985. The third-order valence-corrected chi connectivity index (χ3v) is 3.12. The number of nitrogens with zero attached hydrogens (tertiary/aromatic N) is 1. The number of hydrogen-bond acceptors (Lipinski definition) is 2. The monoisotopic (exact) mass is 165 g/mol. The molecule has 1 aliphatic heterocycles. The van der Waals surface area contributed by atoms with Crippen molar-refractivity contribution in [3.63, 3.8) is 0 Å². The Balaban J connectivity index is 1.87. The zero-order valence-corrected chi connectivity index (χ0v) is 7.49. The Hall–Kier alpha value is -0.550. The topological polar surface area (TPSA) is 36.3 Å². The summed E-state index contributed by atoms with van der Waals surface area (Å²) in [4.78, 5) is 0. The van der Waals surface area contributed by atoms with Crippen LogP contribution in [0.3, 0.4) is 0 Å². The summed E-state index contributed by atoms with van der Waals surface area (Å²) in [6, 6.07) is 2.38. The summed E-state index contributed by atoms with van der Waals surface area (Å²) in [6.07, 6.45) is 5.62. The quantitative estimate of drug-likeness (QED) is 0.558. The van der Waals surface area contributed by atoms with E-state index in [-0.39, 0.29) is 0 Å². The van der Waals surface area contributed by atoms with Gasteiger partial charge in [-0.2, -0.15) is 5.26 Å². The van der Waals surface area contributed by atoms with Gasteiger partial charge in [0.2, 0.25) is 0 Å². The van der Waals surface area contributed by atoms with Gasteiger partial charge < -0.3 is 4.74 Å². The molecule has 0 aromatic heterocycles. The van der Waals surface area contributed by atoms with Gasteiger partial charge in [0, 0.05) is 5.92 Å². The predicted molar refractivity (Wildman–Crippen MR) is 45.4 cm³/mol. The first-order chi connectivity index (χ1) is 5.81. The van der Waals surface area contributed by atoms with E-state index in [1.165, 1.54) is 12.8 Å². The van der Waals surface area contributed by atoms with Crippen molar-refractivity contribution in [1.82, 2.24) is 0 Å². The fourth-order valence-electron chi connectivity index (χ4n) is 2.34. The Kier molecular flexibility index (Phi) is 2.06. The third-order valence-electron chi connectivity index (χ3n) is 3.12. The van der Waals surface area contributed by atoms with Gasteiger partial charge in [-0.3, -0.25) is 0 Å². The van der Waals surface area contributed by atoms with Crippen LogP contribution in [0, 0.1) is 23.2 Å². The second kappa shape index (κ2) is 3.06. The van der Waals surface area contributed by atoms with E-state index in [9.17, 15) is 0 Å². The molecule has 66 valence electrons. The molecule has 2 fully saturated rings. The lowest BCUT2D eigenvalue weighted by molar-refractivity contribution is 0.239. The minimum Gasteiger partial charge on any atom is -0.370 e. The molecule has 0 radical (unpaired) electrons. The molecular formula is C10H15NO. The first-order valence-corrected chi connectivity index (χ1v) is 4.86. The van der Waals surface area contributed by atoms with Crippen LogP contribution >= 0.6 is 0 Å². The maximum atomic E-state index is 8.79. The summed E-state index contributed by atoms with van der Waals surface area (Å²) in [6.45, 7) is 2.13. The Bertz CT molecular complexity index is 208. The van der Waals surface area contributed by atoms with Crippen LogP contribution in [-0.2, 0) is 4.74 Å². The van der Waals surface area contributed by atoms with Gasteiger partial charge in [0.15, 0.2) is 0 Å². The lowest BCUT2D eigenvalue weighted by Gasteiger charge is -2.23. The number of nitriles is 1. The van der Waals surface area contributed by atoms with E-state index in [2.05, 4.69) is 13.0 Å². The van der Waals surface area contributed by atoms with E-state index < -0.39 is 0 Å². The molecule has 2 nitrogen and oxygen atoms in total. The van der Waals surface area contributed by atoms with Crippen molar-refractivity contribution in [3.8, 4) is 6.07 Å². The number of rotatable bonds is 1. The van der Waals surface area contributed by atoms with Crippen LogP contribution in [0.1, 0.15) is 32.6 Å². The van der Waals surface area contributed by atoms with Crippen LogP contribution in [0.25, 0.3) is 0 Å². The molecule has 0 bridgehead atoms. The van der Waals surface area contributed by atoms with Crippen molar-refractivity contribution >= 4 is 0 Å². The van der Waals surface area contributed by atoms with Crippen LogP contribution in [-0.4, -0.2) is 12.2 Å². The smallest absolute Gasteiger partial charge is 0.0867 e. The molecule has 4 atom stereocenters. The van der Waals surface area contributed by atoms with Crippen molar-refractivity contribution in [2.24, 2.45) is 11.8 Å². The molecule has 0 spiro atoms. The fraction of sp³-hybridized carbons (Fsp3) is 0.900. The lowest BCUT2D eigenvalue weighted by atomic mass is 9.80. The molecule has 12 heavy (non-hydrogen) atoms. The SMILES string of the molecule is CC1OC1C1CCCC(C#N)C1. The molecule has 2 aliphatic rings. The average molecular weight is 165 g/mol. The lowest BCUT2D eigenvalue weighted by Crippen LogP contribution is -2.19. The summed E-state index contributed by atoms with van der Waals surface area (Å²) < 4.78 is 5.44. The van der Waals surface area contributed by atoms with E-state index in [1.807, 2.05) is 0 Å². The number of ether oxygens (including phenoxy) is 1. The van der Waals surface area contributed by atoms with Crippen LogP contribution in [0.4, 0.5) is 0 Å². The minimum absolute atomic E-state index is 0.306. The van der Waals surface area contributed by atoms with Gasteiger partial charge in [-0.1, -0.05) is 6.42 Å². The summed E-state index contributed by atoms with van der Waals surface area (Å²) >= 11 is 0. The van der Waals surface area contributed by atoms with Gasteiger partial charge in [0.1, 0.15) is 0 Å². The average Bonchev–Trinajstić information content (AvgIpc) is 2.83. The predicted octanol–water partition coefficient (Wildman–Crippen LogP) is 2.10. The first kappa shape index (κ1) is 8.07. The second-order valence-electron chi connectivity index (χ2n) is 4.06. The molecule has 1 saturated carbocycles. The van der Waals surface area contributed by atoms with Gasteiger partial charge in [0.25, 0.3) is 0 Å². The summed E-state index contributed by atoms with van der Waals surface area (Å²) in [5.41, 5.74) is 0. The van der Waals surface area contributed by atoms with Gasteiger partial charge in [-0.25, -0.2) is 0 Å². The zero-order chi connectivity index (χ0) is 8.55. The van der Waals surface area contributed by atoms with E-state index in [1.54, 1.807) is 0 Å². The van der Waals surface area contributed by atoms with Crippen molar-refractivity contribution in [1.29, 1.82) is 5.26 Å². The first-order valence-electron chi connectivity index (χ1n) is 4.86. The van der Waals surface area contributed by atoms with Crippen LogP contribution in [0.15, 0.2) is 0 Å². The van der Waals surface area contributed by atoms with Crippen molar-refractivity contribution < 1.29 is 4.74 Å². The maximum Gasteiger partial charge on any atom is 0.0867 e. The normalized spacial score (nSPS) is 46.7. The van der Waals surface area contributed by atoms with Crippen LogP contribution in [0.5, 0.6) is 0 Å². The highest BCUT2D eigenvalue weighted by molar-refractivity contribution is 4.95. The summed E-state index contributed by atoms with van der Waals surface area (Å²) in [7, 11) is 0. The second-order valence-corrected chi connectivity index (χ2v) is 4.06. The largest absolute Gasteiger partial charge is 0.370 e. The third kappa shape index (κ3) is 1.47. The highest BCUT2D eigenvalue weighted by atomic mass is 16.6. The molecular weight excluding hydrogens is 150 g/mol. The highest BCUT2D eigenvalue weighted by Gasteiger charge is 2.42. The highest BCUT2D eigenvalue weighted by Crippen LogP contribution is 2.39. The van der Waals surface area contributed by atoms with E-state index in [4.69, 9.17) is 10.00 Å². The Morgan fingerprint density at radius 2 is 2.17 bits per heavy atom. The molecule has 2 heteroatoms. The molecule has 1 aliphatic carbocycles. The van der Waals surface area contributed by atoms with E-state index in [0.717, 1.165) is 12.8 Å². The van der Waals surface area contributed by atoms with Gasteiger partial charge in [0.05, 0.1) is 18.3 Å². The molecule has 0 N–H and O–H groups in total. The Labute approximate surface area is 73.5 Å². The molecule has 0 aromatic rings. The van der Waals surface area contributed by atoms with Crippen LogP contribution in [0.2, 0.25) is 0 Å². The molecule has 4 unspecified atom stereocenters. The van der Waals surface area contributed by atoms with E-state index in [0.29, 0.717) is 24.0 Å². The van der Waals surface area contributed by atoms with Gasteiger partial charge >= 0.3 is 0 Å². The molecule has 0 aromatic carbocycles. The van der Waals surface area contributed by atoms with Crippen molar-refractivity contribution in [3.05, 3.63) is 0 Å². The Morgan fingerprint density at radius 1 is 1.42 bits per heavy atom. The fourth-order valence-corrected chi connectivity index (χ4v) is 2.34. The number of epoxide rings is 1. The van der Waals surface area contributed by atoms with E-state index >= 15 is 0 Å². The van der Waals surface area contributed by atoms with Crippen LogP contribution < -0.4 is 0 Å².